The molecule has 1 aliphatic carbocycles. The van der Waals surface area contributed by atoms with Gasteiger partial charge in [-0.1, -0.05) is 19.3 Å². The molecule has 2 heterocycles. The van der Waals surface area contributed by atoms with Gasteiger partial charge in [0.25, 0.3) is 0 Å². The van der Waals surface area contributed by atoms with E-state index in [1.165, 1.54) is 37.1 Å². The summed E-state index contributed by atoms with van der Waals surface area (Å²) in [6.45, 7) is 0. The fourth-order valence-electron chi connectivity index (χ4n) is 2.33. The van der Waals surface area contributed by atoms with E-state index in [9.17, 15) is 0 Å². The molecule has 0 aromatic carbocycles. The molecule has 1 spiro atoms. The average molecular weight is 227 g/mol. The lowest BCUT2D eigenvalue weighted by molar-refractivity contribution is 0.196. The number of fused-ring (bicyclic) bond motifs is 2. The SMILES string of the molecule is NC1=NN2C(=CSC23CCCCC3)S1. The van der Waals surface area contributed by atoms with E-state index in [1.807, 2.05) is 11.8 Å². The first kappa shape index (κ1) is 8.97. The summed E-state index contributed by atoms with van der Waals surface area (Å²) in [5, 5.41) is 10.7. The molecule has 0 amide bonds. The minimum Gasteiger partial charge on any atom is -0.377 e. The summed E-state index contributed by atoms with van der Waals surface area (Å²) in [6.07, 6.45) is 6.51. The number of hydrogen-bond acceptors (Lipinski definition) is 5. The van der Waals surface area contributed by atoms with E-state index in [1.54, 1.807) is 11.8 Å². The van der Waals surface area contributed by atoms with Crippen molar-refractivity contribution in [1.82, 2.24) is 5.01 Å². The minimum absolute atomic E-state index is 0.224. The Balaban J connectivity index is 1.89. The topological polar surface area (TPSA) is 41.6 Å². The zero-order valence-corrected chi connectivity index (χ0v) is 9.53. The highest BCUT2D eigenvalue weighted by Crippen LogP contribution is 2.54. The predicted octanol–water partition coefficient (Wildman–Crippen LogP) is 2.47. The largest absolute Gasteiger partial charge is 0.377 e. The number of amidine groups is 1. The summed E-state index contributed by atoms with van der Waals surface area (Å²) in [4.78, 5) is 0.224. The van der Waals surface area contributed by atoms with Crippen LogP contribution in [0.15, 0.2) is 15.5 Å². The first-order valence-electron chi connectivity index (χ1n) is 5.00. The second-order valence-electron chi connectivity index (χ2n) is 3.93. The maximum Gasteiger partial charge on any atom is 0.184 e. The van der Waals surface area contributed by atoms with Crippen molar-refractivity contribution in [2.24, 2.45) is 10.8 Å². The number of thioether (sulfide) groups is 2. The van der Waals surface area contributed by atoms with Gasteiger partial charge in [-0.05, 0) is 24.6 Å². The van der Waals surface area contributed by atoms with Crippen molar-refractivity contribution in [2.75, 3.05) is 0 Å². The van der Waals surface area contributed by atoms with Gasteiger partial charge >= 0.3 is 0 Å². The Morgan fingerprint density at radius 3 is 2.93 bits per heavy atom. The quantitative estimate of drug-likeness (QED) is 0.690. The van der Waals surface area contributed by atoms with Crippen LogP contribution >= 0.6 is 23.5 Å². The lowest BCUT2D eigenvalue weighted by atomic mass is 9.94. The van der Waals surface area contributed by atoms with Gasteiger partial charge in [0.2, 0.25) is 0 Å². The molecule has 0 atom stereocenters. The van der Waals surface area contributed by atoms with Gasteiger partial charge in [0.15, 0.2) is 5.17 Å². The molecule has 14 heavy (non-hydrogen) atoms. The minimum atomic E-state index is 0.224. The maximum atomic E-state index is 5.74. The summed E-state index contributed by atoms with van der Waals surface area (Å²) in [7, 11) is 0. The van der Waals surface area contributed by atoms with E-state index < -0.39 is 0 Å². The van der Waals surface area contributed by atoms with Crippen LogP contribution in [0.3, 0.4) is 0 Å². The number of hydrogen-bond donors (Lipinski definition) is 1. The molecule has 5 heteroatoms. The van der Waals surface area contributed by atoms with Gasteiger partial charge in [0.1, 0.15) is 9.90 Å². The standard InChI is InChI=1S/C9H13N3S2/c10-8-11-12-7(14-8)6-13-9(12)4-2-1-3-5-9/h6H,1-5H2,(H2,10,11). The Hall–Kier alpha value is -0.290. The Morgan fingerprint density at radius 2 is 2.14 bits per heavy atom. The predicted molar refractivity (Wildman–Crippen MR) is 62.5 cm³/mol. The smallest absolute Gasteiger partial charge is 0.184 e. The normalized spacial score (nSPS) is 29.0. The number of rotatable bonds is 0. The highest BCUT2D eigenvalue weighted by molar-refractivity contribution is 8.18. The molecule has 0 unspecified atom stereocenters. The monoisotopic (exact) mass is 227 g/mol. The van der Waals surface area contributed by atoms with E-state index in [0.29, 0.717) is 5.17 Å². The van der Waals surface area contributed by atoms with Gasteiger partial charge in [-0.15, -0.1) is 16.9 Å². The van der Waals surface area contributed by atoms with Crippen molar-refractivity contribution in [3.05, 3.63) is 10.4 Å². The molecule has 0 saturated heterocycles. The van der Waals surface area contributed by atoms with Gasteiger partial charge in [0.05, 0.1) is 0 Å². The Morgan fingerprint density at radius 1 is 1.36 bits per heavy atom. The van der Waals surface area contributed by atoms with Gasteiger partial charge in [-0.25, -0.2) is 5.01 Å². The van der Waals surface area contributed by atoms with E-state index in [2.05, 4.69) is 15.5 Å². The van der Waals surface area contributed by atoms with Crippen LogP contribution in [0.5, 0.6) is 0 Å². The Labute approximate surface area is 92.2 Å². The molecular formula is C9H13N3S2. The lowest BCUT2D eigenvalue weighted by Gasteiger charge is -2.37. The highest BCUT2D eigenvalue weighted by atomic mass is 32.2. The third kappa shape index (κ3) is 1.18. The molecule has 3 aliphatic rings. The molecule has 1 fully saturated rings. The molecule has 0 bridgehead atoms. The van der Waals surface area contributed by atoms with Crippen molar-refractivity contribution in [2.45, 2.75) is 37.0 Å². The first-order chi connectivity index (χ1) is 6.80. The summed E-state index contributed by atoms with van der Waals surface area (Å²) < 4.78 is 0. The second-order valence-corrected chi connectivity index (χ2v) is 6.20. The Kier molecular flexibility index (Phi) is 1.99. The van der Waals surface area contributed by atoms with Crippen LogP contribution in [-0.4, -0.2) is 15.0 Å². The zero-order valence-electron chi connectivity index (χ0n) is 7.90. The van der Waals surface area contributed by atoms with E-state index in [0.717, 1.165) is 0 Å². The fourth-order valence-corrected chi connectivity index (χ4v) is 4.55. The number of hydrazone groups is 1. The third-order valence-electron chi connectivity index (χ3n) is 3.02. The van der Waals surface area contributed by atoms with E-state index in [4.69, 9.17) is 5.73 Å². The van der Waals surface area contributed by atoms with Crippen LogP contribution < -0.4 is 5.73 Å². The summed E-state index contributed by atoms with van der Waals surface area (Å²) in [5.74, 6) is 0. The van der Waals surface area contributed by atoms with E-state index >= 15 is 0 Å². The first-order valence-corrected chi connectivity index (χ1v) is 6.70. The Bertz CT molecular complexity index is 318. The molecule has 0 aromatic heterocycles. The van der Waals surface area contributed by atoms with Crippen molar-refractivity contribution >= 4 is 28.7 Å². The van der Waals surface area contributed by atoms with Crippen LogP contribution in [-0.2, 0) is 0 Å². The van der Waals surface area contributed by atoms with Crippen molar-refractivity contribution in [3.8, 4) is 0 Å². The van der Waals surface area contributed by atoms with Crippen LogP contribution in [0.4, 0.5) is 0 Å². The van der Waals surface area contributed by atoms with Crippen molar-refractivity contribution in [1.29, 1.82) is 0 Å². The molecule has 76 valence electrons. The summed E-state index contributed by atoms with van der Waals surface area (Å²) in [6, 6.07) is 0. The summed E-state index contributed by atoms with van der Waals surface area (Å²) >= 11 is 3.54. The molecule has 0 radical (unpaired) electrons. The molecule has 2 aliphatic heterocycles. The van der Waals surface area contributed by atoms with E-state index in [-0.39, 0.29) is 4.87 Å². The van der Waals surface area contributed by atoms with Gasteiger partial charge < -0.3 is 5.73 Å². The molecule has 0 aromatic rings. The number of nitrogens with zero attached hydrogens (tertiary/aromatic N) is 2. The third-order valence-corrected chi connectivity index (χ3v) is 5.32. The van der Waals surface area contributed by atoms with Gasteiger partial charge in [-0.2, -0.15) is 0 Å². The fraction of sp³-hybridized carbons (Fsp3) is 0.667. The average Bonchev–Trinajstić information content (AvgIpc) is 2.70. The number of nitrogens with two attached hydrogens (primary N) is 1. The molecule has 3 rings (SSSR count). The van der Waals surface area contributed by atoms with Crippen molar-refractivity contribution < 1.29 is 0 Å². The second kappa shape index (κ2) is 3.10. The van der Waals surface area contributed by atoms with Crippen LogP contribution in [0.25, 0.3) is 0 Å². The zero-order chi connectivity index (χ0) is 9.60. The molecule has 1 saturated carbocycles. The maximum absolute atomic E-state index is 5.74. The molecule has 3 nitrogen and oxygen atoms in total. The van der Waals surface area contributed by atoms with Gasteiger partial charge in [0, 0.05) is 5.41 Å². The van der Waals surface area contributed by atoms with Crippen LogP contribution in [0, 0.1) is 0 Å². The highest BCUT2D eigenvalue weighted by Gasteiger charge is 2.46. The molecular weight excluding hydrogens is 214 g/mol. The van der Waals surface area contributed by atoms with Crippen molar-refractivity contribution in [3.63, 3.8) is 0 Å². The van der Waals surface area contributed by atoms with Crippen LogP contribution in [0.1, 0.15) is 32.1 Å². The summed E-state index contributed by atoms with van der Waals surface area (Å²) in [5.41, 5.74) is 5.74. The lowest BCUT2D eigenvalue weighted by Crippen LogP contribution is -2.39. The van der Waals surface area contributed by atoms with Gasteiger partial charge in [-0.3, -0.25) is 0 Å². The molecule has 2 N–H and O–H groups in total. The van der Waals surface area contributed by atoms with Crippen LogP contribution in [0.2, 0.25) is 0 Å².